The van der Waals surface area contributed by atoms with Crippen LogP contribution in [0, 0.1) is 0 Å². The van der Waals surface area contributed by atoms with Gasteiger partial charge in [0.15, 0.2) is 0 Å². The SMILES string of the molecule is COc1c(N)cccc1CBr. The molecule has 0 aliphatic heterocycles. The highest BCUT2D eigenvalue weighted by atomic mass is 79.9. The standard InChI is InChI=1S/C8H10BrNO/c1-11-8-6(5-9)3-2-4-7(8)10/h2-4H,5,10H2,1H3. The van der Waals surface area contributed by atoms with Crippen LogP contribution in [0.15, 0.2) is 18.2 Å². The van der Waals surface area contributed by atoms with Crippen LogP contribution in [0.25, 0.3) is 0 Å². The molecule has 2 N–H and O–H groups in total. The Morgan fingerprint density at radius 1 is 1.55 bits per heavy atom. The maximum absolute atomic E-state index is 5.66. The number of para-hydroxylation sites is 1. The molecule has 0 fully saturated rings. The summed E-state index contributed by atoms with van der Waals surface area (Å²) in [6.07, 6.45) is 0. The van der Waals surface area contributed by atoms with Gasteiger partial charge in [-0.25, -0.2) is 0 Å². The van der Waals surface area contributed by atoms with E-state index >= 15 is 0 Å². The predicted octanol–water partition coefficient (Wildman–Crippen LogP) is 2.17. The van der Waals surface area contributed by atoms with Gasteiger partial charge in [-0.15, -0.1) is 0 Å². The van der Waals surface area contributed by atoms with Crippen LogP contribution >= 0.6 is 15.9 Å². The molecule has 2 nitrogen and oxygen atoms in total. The molecule has 0 radical (unpaired) electrons. The van der Waals surface area contributed by atoms with Crippen LogP contribution in [-0.4, -0.2) is 7.11 Å². The molecule has 0 spiro atoms. The van der Waals surface area contributed by atoms with Gasteiger partial charge in [0, 0.05) is 10.9 Å². The molecule has 0 aliphatic rings. The summed E-state index contributed by atoms with van der Waals surface area (Å²) in [6.45, 7) is 0. The number of nitrogen functional groups attached to an aromatic ring is 1. The van der Waals surface area contributed by atoms with Crippen LogP contribution in [0.1, 0.15) is 5.56 Å². The largest absolute Gasteiger partial charge is 0.494 e. The Morgan fingerprint density at radius 2 is 2.27 bits per heavy atom. The molecule has 0 bridgehead atoms. The molecule has 0 aromatic heterocycles. The van der Waals surface area contributed by atoms with Gasteiger partial charge in [0.05, 0.1) is 12.8 Å². The molecule has 0 amide bonds. The molecule has 1 aromatic carbocycles. The van der Waals surface area contributed by atoms with Gasteiger partial charge >= 0.3 is 0 Å². The van der Waals surface area contributed by atoms with Gasteiger partial charge in [-0.2, -0.15) is 0 Å². The van der Waals surface area contributed by atoms with Gasteiger partial charge in [-0.3, -0.25) is 0 Å². The summed E-state index contributed by atoms with van der Waals surface area (Å²) in [6, 6.07) is 5.71. The summed E-state index contributed by atoms with van der Waals surface area (Å²) >= 11 is 3.35. The van der Waals surface area contributed by atoms with Gasteiger partial charge < -0.3 is 10.5 Å². The number of hydrogen-bond donors (Lipinski definition) is 1. The second kappa shape index (κ2) is 3.62. The lowest BCUT2D eigenvalue weighted by atomic mass is 10.2. The molecule has 0 heterocycles. The van der Waals surface area contributed by atoms with Crippen LogP contribution in [0.3, 0.4) is 0 Å². The Labute approximate surface area is 74.5 Å². The Morgan fingerprint density at radius 3 is 2.73 bits per heavy atom. The minimum absolute atomic E-state index is 0.685. The number of anilines is 1. The van der Waals surface area contributed by atoms with Crippen molar-refractivity contribution in [2.24, 2.45) is 0 Å². The quantitative estimate of drug-likeness (QED) is 0.607. The zero-order valence-corrected chi connectivity index (χ0v) is 7.89. The van der Waals surface area contributed by atoms with Crippen molar-refractivity contribution in [3.05, 3.63) is 23.8 Å². The van der Waals surface area contributed by atoms with Crippen molar-refractivity contribution in [3.63, 3.8) is 0 Å². The van der Waals surface area contributed by atoms with Crippen molar-refractivity contribution in [2.45, 2.75) is 5.33 Å². The second-order valence-corrected chi connectivity index (χ2v) is 2.73. The highest BCUT2D eigenvalue weighted by Gasteiger charge is 2.03. The van der Waals surface area contributed by atoms with Crippen molar-refractivity contribution in [2.75, 3.05) is 12.8 Å². The number of hydrogen-bond acceptors (Lipinski definition) is 2. The number of benzene rings is 1. The van der Waals surface area contributed by atoms with E-state index in [1.807, 2.05) is 18.2 Å². The summed E-state index contributed by atoms with van der Waals surface area (Å²) in [5, 5.41) is 0.765. The fourth-order valence-corrected chi connectivity index (χ4v) is 1.40. The van der Waals surface area contributed by atoms with E-state index in [4.69, 9.17) is 10.5 Å². The van der Waals surface area contributed by atoms with Gasteiger partial charge in [-0.1, -0.05) is 28.1 Å². The fourth-order valence-electron chi connectivity index (χ4n) is 0.959. The first kappa shape index (κ1) is 8.40. The Kier molecular flexibility index (Phi) is 2.76. The lowest BCUT2D eigenvalue weighted by molar-refractivity contribution is 0.413. The summed E-state index contributed by atoms with van der Waals surface area (Å²) in [7, 11) is 1.62. The number of ether oxygens (including phenoxy) is 1. The molecule has 0 aliphatic carbocycles. The Balaban J connectivity index is 3.13. The van der Waals surface area contributed by atoms with E-state index in [0.29, 0.717) is 5.69 Å². The summed E-state index contributed by atoms with van der Waals surface area (Å²) < 4.78 is 5.11. The molecule has 1 aromatic rings. The van der Waals surface area contributed by atoms with Gasteiger partial charge in [0.1, 0.15) is 5.75 Å². The van der Waals surface area contributed by atoms with Crippen LogP contribution in [-0.2, 0) is 5.33 Å². The van der Waals surface area contributed by atoms with E-state index in [0.717, 1.165) is 16.6 Å². The number of halogens is 1. The zero-order valence-electron chi connectivity index (χ0n) is 6.30. The summed E-state index contributed by atoms with van der Waals surface area (Å²) in [5.74, 6) is 0.768. The van der Waals surface area contributed by atoms with Crippen molar-refractivity contribution < 1.29 is 4.74 Å². The third kappa shape index (κ3) is 1.66. The molecule has 0 unspecified atom stereocenters. The van der Waals surface area contributed by atoms with Gasteiger partial charge in [0.25, 0.3) is 0 Å². The molecule has 1 rings (SSSR count). The highest BCUT2D eigenvalue weighted by Crippen LogP contribution is 2.27. The smallest absolute Gasteiger partial charge is 0.145 e. The molecular weight excluding hydrogens is 206 g/mol. The minimum Gasteiger partial charge on any atom is -0.494 e. The third-order valence-corrected chi connectivity index (χ3v) is 2.08. The van der Waals surface area contributed by atoms with Gasteiger partial charge in [-0.05, 0) is 6.07 Å². The monoisotopic (exact) mass is 215 g/mol. The lowest BCUT2D eigenvalue weighted by Gasteiger charge is -2.07. The average molecular weight is 216 g/mol. The van der Waals surface area contributed by atoms with Gasteiger partial charge in [0.2, 0.25) is 0 Å². The number of alkyl halides is 1. The maximum Gasteiger partial charge on any atom is 0.145 e. The number of methoxy groups -OCH3 is 1. The normalized spacial score (nSPS) is 9.64. The van der Waals surface area contributed by atoms with E-state index in [1.54, 1.807) is 7.11 Å². The first-order chi connectivity index (χ1) is 5.29. The van der Waals surface area contributed by atoms with Crippen molar-refractivity contribution in [1.29, 1.82) is 0 Å². The topological polar surface area (TPSA) is 35.2 Å². The van der Waals surface area contributed by atoms with Crippen molar-refractivity contribution in [1.82, 2.24) is 0 Å². The fraction of sp³-hybridized carbons (Fsp3) is 0.250. The van der Waals surface area contributed by atoms with E-state index < -0.39 is 0 Å². The molecule has 0 atom stereocenters. The van der Waals surface area contributed by atoms with Crippen LogP contribution in [0.4, 0.5) is 5.69 Å². The minimum atomic E-state index is 0.685. The molecule has 11 heavy (non-hydrogen) atoms. The number of rotatable bonds is 2. The van der Waals surface area contributed by atoms with E-state index in [-0.39, 0.29) is 0 Å². The zero-order chi connectivity index (χ0) is 8.27. The van der Waals surface area contributed by atoms with Crippen molar-refractivity contribution >= 4 is 21.6 Å². The Hall–Kier alpha value is -0.700. The molecule has 60 valence electrons. The second-order valence-electron chi connectivity index (χ2n) is 2.17. The highest BCUT2D eigenvalue weighted by molar-refractivity contribution is 9.08. The van der Waals surface area contributed by atoms with Crippen molar-refractivity contribution in [3.8, 4) is 5.75 Å². The van der Waals surface area contributed by atoms with Crippen LogP contribution in [0.2, 0.25) is 0 Å². The van der Waals surface area contributed by atoms with Crippen LogP contribution < -0.4 is 10.5 Å². The molecule has 0 saturated heterocycles. The average Bonchev–Trinajstić information content (AvgIpc) is 2.04. The molecule has 3 heteroatoms. The number of nitrogens with two attached hydrogens (primary N) is 1. The molecule has 0 saturated carbocycles. The Bertz CT molecular complexity index is 250. The first-order valence-electron chi connectivity index (χ1n) is 3.27. The summed E-state index contributed by atoms with van der Waals surface area (Å²) in [4.78, 5) is 0. The van der Waals surface area contributed by atoms with E-state index in [9.17, 15) is 0 Å². The summed E-state index contributed by atoms with van der Waals surface area (Å²) in [5.41, 5.74) is 7.42. The van der Waals surface area contributed by atoms with Crippen LogP contribution in [0.5, 0.6) is 5.75 Å². The maximum atomic E-state index is 5.66. The predicted molar refractivity (Wildman–Crippen MR) is 50.0 cm³/mol. The first-order valence-corrected chi connectivity index (χ1v) is 4.39. The third-order valence-electron chi connectivity index (χ3n) is 1.48. The van der Waals surface area contributed by atoms with E-state index in [1.165, 1.54) is 0 Å². The molecular formula is C8H10BrNO. The lowest BCUT2D eigenvalue weighted by Crippen LogP contribution is -1.95. The van der Waals surface area contributed by atoms with E-state index in [2.05, 4.69) is 15.9 Å².